The second-order valence-corrected chi connectivity index (χ2v) is 14.4. The summed E-state index contributed by atoms with van der Waals surface area (Å²) >= 11 is 12.5. The minimum Gasteiger partial charge on any atom is -0.352 e. The average Bonchev–Trinajstić information content (AvgIpc) is 3.57. The van der Waals surface area contributed by atoms with E-state index in [1.165, 1.54) is 29.2 Å². The van der Waals surface area contributed by atoms with Crippen molar-refractivity contribution in [1.82, 2.24) is 10.2 Å². The second-order valence-electron chi connectivity index (χ2n) is 11.8. The minimum atomic E-state index is -4.30. The third-order valence-corrected chi connectivity index (χ3v) is 10.8. The first-order valence-corrected chi connectivity index (χ1v) is 17.6. The average molecular weight is 697 g/mol. The number of carbonyl (C=O) groups excluding carboxylic acids is 2. The van der Waals surface area contributed by atoms with Gasteiger partial charge in [0.2, 0.25) is 11.8 Å². The van der Waals surface area contributed by atoms with E-state index in [1.807, 2.05) is 37.3 Å². The molecular weight excluding hydrogens is 660 g/mol. The number of nitrogens with one attached hydrogen (secondary N) is 1. The molecule has 11 heteroatoms. The van der Waals surface area contributed by atoms with Crippen LogP contribution in [0.3, 0.4) is 0 Å². The highest BCUT2D eigenvalue weighted by molar-refractivity contribution is 7.92. The number of amides is 2. The van der Waals surface area contributed by atoms with E-state index in [9.17, 15) is 22.4 Å². The van der Waals surface area contributed by atoms with Gasteiger partial charge in [-0.15, -0.1) is 0 Å². The summed E-state index contributed by atoms with van der Waals surface area (Å²) < 4.78 is 43.1. The van der Waals surface area contributed by atoms with E-state index in [0.29, 0.717) is 10.6 Å². The number of hydrogen-bond donors (Lipinski definition) is 1. The highest BCUT2D eigenvalue weighted by Gasteiger charge is 2.35. The van der Waals surface area contributed by atoms with E-state index in [2.05, 4.69) is 5.32 Å². The number of nitrogens with zero attached hydrogens (tertiary/aromatic N) is 2. The maximum absolute atomic E-state index is 14.6. The number of carbonyl (C=O) groups is 2. The molecule has 47 heavy (non-hydrogen) atoms. The normalized spacial score (nSPS) is 14.0. The largest absolute Gasteiger partial charge is 0.352 e. The van der Waals surface area contributed by atoms with Crippen LogP contribution in [0.25, 0.3) is 0 Å². The molecule has 0 spiro atoms. The predicted octanol–water partition coefficient (Wildman–Crippen LogP) is 7.34. The topological polar surface area (TPSA) is 86.8 Å². The lowest BCUT2D eigenvalue weighted by molar-refractivity contribution is -0.140. The van der Waals surface area contributed by atoms with E-state index in [-0.39, 0.29) is 40.5 Å². The van der Waals surface area contributed by atoms with Gasteiger partial charge in [-0.1, -0.05) is 90.1 Å². The van der Waals surface area contributed by atoms with Crippen molar-refractivity contribution in [2.45, 2.75) is 62.6 Å². The molecule has 0 saturated heterocycles. The lowest BCUT2D eigenvalue weighted by atomic mass is 10.0. The molecule has 246 valence electrons. The maximum atomic E-state index is 14.6. The zero-order valence-corrected chi connectivity index (χ0v) is 28.2. The first kappa shape index (κ1) is 34.4. The Kier molecular flexibility index (Phi) is 11.2. The number of benzene rings is 4. The molecule has 1 N–H and O–H groups in total. The molecule has 1 aliphatic rings. The van der Waals surface area contributed by atoms with Crippen LogP contribution < -0.4 is 9.62 Å². The number of anilines is 1. The summed E-state index contributed by atoms with van der Waals surface area (Å²) in [5.41, 5.74) is 2.39. The number of sulfonamides is 1. The van der Waals surface area contributed by atoms with Crippen molar-refractivity contribution in [2.24, 2.45) is 0 Å². The summed E-state index contributed by atoms with van der Waals surface area (Å²) in [6.45, 7) is 1.14. The zero-order chi connectivity index (χ0) is 33.6. The van der Waals surface area contributed by atoms with Crippen LogP contribution in [0.4, 0.5) is 10.1 Å². The van der Waals surface area contributed by atoms with Crippen molar-refractivity contribution in [3.63, 3.8) is 0 Å². The third-order valence-electron chi connectivity index (χ3n) is 8.31. The number of halogens is 3. The molecule has 0 heterocycles. The van der Waals surface area contributed by atoms with Crippen molar-refractivity contribution >= 4 is 50.7 Å². The Morgan fingerprint density at radius 1 is 0.872 bits per heavy atom. The molecule has 0 bridgehead atoms. The SMILES string of the molecule is Cc1ccc(S(=O)(=O)N(CC(=O)N(Cc2ccc(Cl)c(Cl)c2)C(Cc2ccccc2)C(=O)NC2CCCC2)c2ccc(F)cc2)cc1. The van der Waals surface area contributed by atoms with Crippen LogP contribution in [0, 0.1) is 12.7 Å². The van der Waals surface area contributed by atoms with Gasteiger partial charge >= 0.3 is 0 Å². The Bertz CT molecular complexity index is 1800. The van der Waals surface area contributed by atoms with Crippen LogP contribution in [-0.2, 0) is 32.6 Å². The molecule has 5 rings (SSSR count). The first-order valence-electron chi connectivity index (χ1n) is 15.4. The van der Waals surface area contributed by atoms with Gasteiger partial charge in [-0.05, 0) is 79.4 Å². The van der Waals surface area contributed by atoms with Crippen molar-refractivity contribution in [1.29, 1.82) is 0 Å². The molecule has 4 aromatic carbocycles. The Labute approximate surface area is 285 Å². The van der Waals surface area contributed by atoms with Crippen molar-refractivity contribution in [3.05, 3.63) is 130 Å². The molecule has 1 aliphatic carbocycles. The molecule has 1 saturated carbocycles. The van der Waals surface area contributed by atoms with E-state index in [4.69, 9.17) is 23.2 Å². The summed E-state index contributed by atoms with van der Waals surface area (Å²) in [7, 11) is -4.30. The molecule has 1 unspecified atom stereocenters. The number of aryl methyl sites for hydroxylation is 1. The van der Waals surface area contributed by atoms with Crippen LogP contribution in [0.2, 0.25) is 10.0 Å². The summed E-state index contributed by atoms with van der Waals surface area (Å²) in [5.74, 6) is -1.51. The van der Waals surface area contributed by atoms with E-state index in [1.54, 1.807) is 30.3 Å². The van der Waals surface area contributed by atoms with Gasteiger partial charge in [0.15, 0.2) is 0 Å². The third kappa shape index (κ3) is 8.71. The van der Waals surface area contributed by atoms with Crippen molar-refractivity contribution in [2.75, 3.05) is 10.8 Å². The quantitative estimate of drug-likeness (QED) is 0.168. The fourth-order valence-electron chi connectivity index (χ4n) is 5.73. The minimum absolute atomic E-state index is 0.0136. The maximum Gasteiger partial charge on any atom is 0.264 e. The van der Waals surface area contributed by atoms with Crippen LogP contribution in [-0.4, -0.2) is 43.8 Å². The van der Waals surface area contributed by atoms with Crippen LogP contribution in [0.1, 0.15) is 42.4 Å². The Morgan fingerprint density at radius 3 is 2.17 bits per heavy atom. The molecule has 0 aliphatic heterocycles. The molecule has 2 amide bonds. The smallest absolute Gasteiger partial charge is 0.264 e. The van der Waals surface area contributed by atoms with Crippen LogP contribution in [0.15, 0.2) is 102 Å². The van der Waals surface area contributed by atoms with Gasteiger partial charge < -0.3 is 10.2 Å². The van der Waals surface area contributed by atoms with Gasteiger partial charge in [-0.2, -0.15) is 0 Å². The number of hydrogen-bond acceptors (Lipinski definition) is 4. The van der Waals surface area contributed by atoms with Gasteiger partial charge in [-0.25, -0.2) is 12.8 Å². The van der Waals surface area contributed by atoms with Gasteiger partial charge in [0.25, 0.3) is 10.0 Å². The lowest BCUT2D eigenvalue weighted by Gasteiger charge is -2.34. The standard InChI is InChI=1S/C36H36Cl2FN3O4S/c1-25-11-18-31(19-12-25)47(45,46)42(30-16-14-28(39)15-17-30)24-35(43)41(23-27-13-20-32(37)33(38)21-27)34(22-26-7-3-2-4-8-26)36(44)40-29-9-5-6-10-29/h2-4,7-8,11-21,29,34H,5-6,9-10,22-24H2,1H3,(H,40,44). The van der Waals surface area contributed by atoms with Crippen molar-refractivity contribution in [3.8, 4) is 0 Å². The summed E-state index contributed by atoms with van der Waals surface area (Å²) in [5, 5.41) is 3.75. The lowest BCUT2D eigenvalue weighted by Crippen LogP contribution is -2.54. The Hall–Kier alpha value is -3.92. The fraction of sp³-hybridized carbons (Fsp3) is 0.278. The second kappa shape index (κ2) is 15.3. The van der Waals surface area contributed by atoms with Gasteiger partial charge in [0.1, 0.15) is 18.4 Å². The van der Waals surface area contributed by atoms with Gasteiger partial charge in [-0.3, -0.25) is 13.9 Å². The van der Waals surface area contributed by atoms with Crippen molar-refractivity contribution < 1.29 is 22.4 Å². The molecular formula is C36H36Cl2FN3O4S. The monoisotopic (exact) mass is 695 g/mol. The Morgan fingerprint density at radius 2 is 1.53 bits per heavy atom. The highest BCUT2D eigenvalue weighted by atomic mass is 35.5. The zero-order valence-electron chi connectivity index (χ0n) is 25.9. The molecule has 4 aromatic rings. The van der Waals surface area contributed by atoms with E-state index < -0.39 is 34.3 Å². The molecule has 0 aromatic heterocycles. The first-order chi connectivity index (χ1) is 22.5. The summed E-state index contributed by atoms with van der Waals surface area (Å²) in [4.78, 5) is 30.0. The summed E-state index contributed by atoms with van der Waals surface area (Å²) in [6.07, 6.45) is 3.89. The molecule has 1 fully saturated rings. The van der Waals surface area contributed by atoms with Gasteiger partial charge in [0.05, 0.1) is 20.6 Å². The van der Waals surface area contributed by atoms with E-state index >= 15 is 0 Å². The Balaban J connectivity index is 1.57. The fourth-order valence-corrected chi connectivity index (χ4v) is 7.46. The van der Waals surface area contributed by atoms with Crippen LogP contribution >= 0.6 is 23.2 Å². The van der Waals surface area contributed by atoms with Gasteiger partial charge in [0, 0.05) is 19.0 Å². The number of rotatable bonds is 12. The molecule has 0 radical (unpaired) electrons. The molecule has 1 atom stereocenters. The highest BCUT2D eigenvalue weighted by Crippen LogP contribution is 2.28. The predicted molar refractivity (Wildman–Crippen MR) is 183 cm³/mol. The van der Waals surface area contributed by atoms with Crippen LogP contribution in [0.5, 0.6) is 0 Å². The molecule has 7 nitrogen and oxygen atoms in total. The van der Waals surface area contributed by atoms with E-state index in [0.717, 1.165) is 53.2 Å². The summed E-state index contributed by atoms with van der Waals surface area (Å²) in [6, 6.07) is 24.4.